The fraction of sp³-hybridized carbons (Fsp3) is 0.400. The molecule has 2 aromatic heterocycles. The van der Waals surface area contributed by atoms with E-state index in [-0.39, 0.29) is 5.91 Å². The summed E-state index contributed by atoms with van der Waals surface area (Å²) >= 11 is 1.75. The second-order valence-corrected chi connectivity index (χ2v) is 8.73. The van der Waals surface area contributed by atoms with E-state index in [0.29, 0.717) is 11.3 Å². The Morgan fingerprint density at radius 3 is 2.88 bits per heavy atom. The van der Waals surface area contributed by atoms with Crippen molar-refractivity contribution in [2.75, 3.05) is 0 Å². The van der Waals surface area contributed by atoms with Crippen LogP contribution in [0.5, 0.6) is 0 Å². The van der Waals surface area contributed by atoms with Gasteiger partial charge in [0.05, 0.1) is 16.6 Å². The second-order valence-electron chi connectivity index (χ2n) is 7.77. The number of para-hydroxylation sites is 2. The smallest absolute Gasteiger partial charge is 0.264 e. The van der Waals surface area contributed by atoms with Gasteiger partial charge >= 0.3 is 0 Å². The van der Waals surface area contributed by atoms with Gasteiger partial charge in [0.2, 0.25) is 0 Å². The van der Waals surface area contributed by atoms with Crippen LogP contribution in [0.15, 0.2) is 36.0 Å². The minimum atomic E-state index is 0.0513. The number of carbonyl (C=O) groups excluding carboxylic acids is 1. The van der Waals surface area contributed by atoms with Crippen LogP contribution in [0.3, 0.4) is 0 Å². The van der Waals surface area contributed by atoms with Crippen molar-refractivity contribution in [3.8, 4) is 0 Å². The highest BCUT2D eigenvalue weighted by atomic mass is 32.1. The average molecular weight is 338 g/mol. The first kappa shape index (κ1) is 15.6. The lowest BCUT2D eigenvalue weighted by Crippen LogP contribution is -2.26. The van der Waals surface area contributed by atoms with Crippen LogP contribution in [0.4, 0.5) is 0 Å². The SMILES string of the molecule is CC(C)(C)C1CCc2c(C(=O)n3cnc4ccccc43)csc2C1. The number of hydrogen-bond donors (Lipinski definition) is 0. The summed E-state index contributed by atoms with van der Waals surface area (Å²) < 4.78 is 1.69. The van der Waals surface area contributed by atoms with Gasteiger partial charge < -0.3 is 0 Å². The highest BCUT2D eigenvalue weighted by Gasteiger charge is 2.32. The molecule has 1 aliphatic rings. The Kier molecular flexibility index (Phi) is 3.61. The number of imidazole rings is 1. The van der Waals surface area contributed by atoms with E-state index >= 15 is 0 Å². The van der Waals surface area contributed by atoms with Crippen molar-refractivity contribution < 1.29 is 4.79 Å². The van der Waals surface area contributed by atoms with Crippen LogP contribution in [0.2, 0.25) is 0 Å². The first-order valence-corrected chi connectivity index (χ1v) is 9.39. The molecule has 0 radical (unpaired) electrons. The Bertz CT molecular complexity index is 913. The molecule has 0 N–H and O–H groups in total. The van der Waals surface area contributed by atoms with Crippen molar-refractivity contribution in [3.63, 3.8) is 0 Å². The second kappa shape index (κ2) is 5.55. The van der Waals surface area contributed by atoms with Crippen LogP contribution in [0.1, 0.15) is 48.0 Å². The van der Waals surface area contributed by atoms with E-state index in [1.165, 1.54) is 10.4 Å². The molecule has 4 heteroatoms. The summed E-state index contributed by atoms with van der Waals surface area (Å²) in [5, 5.41) is 2.05. The van der Waals surface area contributed by atoms with E-state index in [9.17, 15) is 4.79 Å². The zero-order valence-electron chi connectivity index (χ0n) is 14.4. The van der Waals surface area contributed by atoms with Crippen molar-refractivity contribution in [1.82, 2.24) is 9.55 Å². The van der Waals surface area contributed by atoms with Gasteiger partial charge in [-0.25, -0.2) is 4.98 Å². The van der Waals surface area contributed by atoms with Crippen molar-refractivity contribution in [1.29, 1.82) is 0 Å². The third-order valence-corrected chi connectivity index (χ3v) is 6.33. The standard InChI is InChI=1S/C20H22N2OS/c1-20(2,3)13-8-9-14-15(11-24-18(14)10-13)19(23)22-12-21-16-6-4-5-7-17(16)22/h4-7,11-13H,8-10H2,1-3H3. The highest BCUT2D eigenvalue weighted by Crippen LogP contribution is 2.40. The zero-order valence-corrected chi connectivity index (χ0v) is 15.2. The molecule has 0 aliphatic heterocycles. The van der Waals surface area contributed by atoms with E-state index in [4.69, 9.17) is 0 Å². The van der Waals surface area contributed by atoms with Gasteiger partial charge in [-0.05, 0) is 48.3 Å². The van der Waals surface area contributed by atoms with Gasteiger partial charge in [0.15, 0.2) is 0 Å². The Morgan fingerprint density at radius 1 is 1.29 bits per heavy atom. The molecule has 1 atom stereocenters. The molecule has 124 valence electrons. The van der Waals surface area contributed by atoms with Gasteiger partial charge in [0, 0.05) is 10.3 Å². The van der Waals surface area contributed by atoms with E-state index in [0.717, 1.165) is 35.9 Å². The molecule has 1 aliphatic carbocycles. The number of hydrogen-bond acceptors (Lipinski definition) is 3. The van der Waals surface area contributed by atoms with E-state index in [2.05, 4.69) is 25.8 Å². The fourth-order valence-corrected chi connectivity index (χ4v) is 4.84. The molecule has 24 heavy (non-hydrogen) atoms. The minimum Gasteiger partial charge on any atom is -0.268 e. The van der Waals surface area contributed by atoms with E-state index in [1.54, 1.807) is 22.2 Å². The predicted molar refractivity (Wildman–Crippen MR) is 98.8 cm³/mol. The Morgan fingerprint density at radius 2 is 2.08 bits per heavy atom. The third-order valence-electron chi connectivity index (χ3n) is 5.28. The lowest BCUT2D eigenvalue weighted by Gasteiger charge is -2.34. The molecule has 0 saturated carbocycles. The highest BCUT2D eigenvalue weighted by molar-refractivity contribution is 7.10. The number of benzene rings is 1. The molecule has 0 spiro atoms. The van der Waals surface area contributed by atoms with Gasteiger partial charge in [-0.2, -0.15) is 0 Å². The normalized spacial score (nSPS) is 17.9. The van der Waals surface area contributed by atoms with Gasteiger partial charge in [0.25, 0.3) is 5.91 Å². The van der Waals surface area contributed by atoms with Gasteiger partial charge in [0.1, 0.15) is 6.33 Å². The molecular weight excluding hydrogens is 316 g/mol. The molecule has 3 aromatic rings. The number of rotatable bonds is 1. The summed E-state index contributed by atoms with van der Waals surface area (Å²) in [6.07, 6.45) is 4.92. The lowest BCUT2D eigenvalue weighted by molar-refractivity contribution is 0.0963. The van der Waals surface area contributed by atoms with Crippen LogP contribution >= 0.6 is 11.3 Å². The van der Waals surface area contributed by atoms with Crippen molar-refractivity contribution >= 4 is 28.3 Å². The third kappa shape index (κ3) is 2.49. The van der Waals surface area contributed by atoms with Crippen LogP contribution in [0, 0.1) is 11.3 Å². The molecular formula is C20H22N2OS. The topological polar surface area (TPSA) is 34.9 Å². The maximum absolute atomic E-state index is 13.1. The average Bonchev–Trinajstić information content (AvgIpc) is 3.17. The van der Waals surface area contributed by atoms with Crippen LogP contribution in [-0.4, -0.2) is 15.5 Å². The minimum absolute atomic E-state index is 0.0513. The molecule has 0 bridgehead atoms. The molecule has 0 fully saturated rings. The summed E-state index contributed by atoms with van der Waals surface area (Å²) in [4.78, 5) is 18.8. The van der Waals surface area contributed by atoms with E-state index in [1.807, 2.05) is 29.6 Å². The summed E-state index contributed by atoms with van der Waals surface area (Å²) in [7, 11) is 0. The number of aromatic nitrogens is 2. The maximum Gasteiger partial charge on any atom is 0.264 e. The first-order valence-electron chi connectivity index (χ1n) is 8.51. The summed E-state index contributed by atoms with van der Waals surface area (Å²) in [5.41, 5.74) is 4.20. The molecule has 4 rings (SSSR count). The monoisotopic (exact) mass is 338 g/mol. The Labute approximate surface area is 146 Å². The molecule has 2 heterocycles. The predicted octanol–water partition coefficient (Wildman–Crippen LogP) is 4.94. The maximum atomic E-state index is 13.1. The van der Waals surface area contributed by atoms with Gasteiger partial charge in [-0.1, -0.05) is 32.9 Å². The van der Waals surface area contributed by atoms with Gasteiger partial charge in [-0.3, -0.25) is 9.36 Å². The van der Waals surface area contributed by atoms with Gasteiger partial charge in [-0.15, -0.1) is 11.3 Å². The number of carbonyl (C=O) groups is 1. The number of thiophene rings is 1. The summed E-state index contributed by atoms with van der Waals surface area (Å²) in [5.74, 6) is 0.746. The molecule has 1 aromatic carbocycles. The number of nitrogens with zero attached hydrogens (tertiary/aromatic N) is 2. The van der Waals surface area contributed by atoms with Crippen molar-refractivity contribution in [2.24, 2.45) is 11.3 Å². The van der Waals surface area contributed by atoms with Crippen LogP contribution in [0.25, 0.3) is 11.0 Å². The summed E-state index contributed by atoms with van der Waals surface area (Å²) in [6.45, 7) is 6.96. The Balaban J connectivity index is 1.69. The quantitative estimate of drug-likeness (QED) is 0.630. The van der Waals surface area contributed by atoms with E-state index < -0.39 is 0 Å². The first-order chi connectivity index (χ1) is 11.4. The molecule has 1 unspecified atom stereocenters. The molecule has 0 saturated heterocycles. The summed E-state index contributed by atoms with van der Waals surface area (Å²) in [6, 6.07) is 7.79. The molecule has 0 amide bonds. The van der Waals surface area contributed by atoms with Crippen molar-refractivity contribution in [3.05, 3.63) is 52.0 Å². The van der Waals surface area contributed by atoms with Crippen LogP contribution < -0.4 is 0 Å². The van der Waals surface area contributed by atoms with Crippen LogP contribution in [-0.2, 0) is 12.8 Å². The van der Waals surface area contributed by atoms with Crippen molar-refractivity contribution in [2.45, 2.75) is 40.0 Å². The molecule has 3 nitrogen and oxygen atoms in total. The zero-order chi connectivity index (χ0) is 16.9. The Hall–Kier alpha value is -1.94. The number of fused-ring (bicyclic) bond motifs is 2. The largest absolute Gasteiger partial charge is 0.268 e. The lowest BCUT2D eigenvalue weighted by atomic mass is 9.72. The fourth-order valence-electron chi connectivity index (χ4n) is 3.68.